The molecule has 0 amide bonds. The van der Waals surface area contributed by atoms with Gasteiger partial charge in [-0.1, -0.05) is 19.8 Å². The van der Waals surface area contributed by atoms with E-state index < -0.39 is 0 Å². The quantitative estimate of drug-likeness (QED) is 0.563. The van der Waals surface area contributed by atoms with Gasteiger partial charge in [-0.3, -0.25) is 4.79 Å². The summed E-state index contributed by atoms with van der Waals surface area (Å²) in [5.74, 6) is 2.36. The van der Waals surface area contributed by atoms with Crippen molar-refractivity contribution in [1.82, 2.24) is 20.3 Å². The normalized spacial score (nSPS) is 14.8. The van der Waals surface area contributed by atoms with Gasteiger partial charge in [-0.05, 0) is 56.7 Å². The van der Waals surface area contributed by atoms with Gasteiger partial charge in [0.1, 0.15) is 11.3 Å². The molecule has 0 radical (unpaired) electrons. The molecule has 2 aromatic rings. The maximum absolute atomic E-state index is 8.36. The maximum atomic E-state index is 8.36. The van der Waals surface area contributed by atoms with E-state index in [4.69, 9.17) is 20.6 Å². The van der Waals surface area contributed by atoms with E-state index in [9.17, 15) is 0 Å². The fraction of sp³-hybridized carbons (Fsp3) is 0.632. The zero-order chi connectivity index (χ0) is 18.8. The molecule has 0 bridgehead atoms. The van der Waals surface area contributed by atoms with Crippen LogP contribution in [0.2, 0.25) is 0 Å². The minimum atomic E-state index is -0.250. The van der Waals surface area contributed by atoms with Crippen LogP contribution in [-0.2, 0) is 17.6 Å². The molecule has 5 N–H and O–H groups in total. The number of nitrogens with one attached hydrogen (secondary N) is 2. The second-order valence-corrected chi connectivity index (χ2v) is 6.86. The average molecular weight is 361 g/mol. The first-order valence-corrected chi connectivity index (χ1v) is 9.60. The molecule has 2 aromatic heterocycles. The molecule has 1 aliphatic heterocycles. The van der Waals surface area contributed by atoms with E-state index in [2.05, 4.69) is 28.4 Å². The van der Waals surface area contributed by atoms with Gasteiger partial charge in [-0.2, -0.15) is 0 Å². The zero-order valence-corrected chi connectivity index (χ0v) is 15.6. The predicted molar refractivity (Wildman–Crippen MR) is 104 cm³/mol. The molecule has 1 aliphatic rings. The number of H-pyrrole nitrogens is 1. The summed E-state index contributed by atoms with van der Waals surface area (Å²) in [4.78, 5) is 20.8. The van der Waals surface area contributed by atoms with E-state index in [0.29, 0.717) is 5.82 Å². The summed E-state index contributed by atoms with van der Waals surface area (Å²) in [5.41, 5.74) is 9.33. The Balaban J connectivity index is 0.000000758. The van der Waals surface area contributed by atoms with Crippen LogP contribution in [0.4, 0.5) is 5.82 Å². The summed E-state index contributed by atoms with van der Waals surface area (Å²) in [5, 5.41) is 10.3. The van der Waals surface area contributed by atoms with Crippen molar-refractivity contribution >= 4 is 23.3 Å². The van der Waals surface area contributed by atoms with E-state index in [1.54, 1.807) is 0 Å². The van der Waals surface area contributed by atoms with E-state index in [1.165, 1.54) is 44.3 Å². The molecular weight excluding hydrogens is 330 g/mol. The summed E-state index contributed by atoms with van der Waals surface area (Å²) in [6.45, 7) is 4.30. The van der Waals surface area contributed by atoms with Gasteiger partial charge in [0.2, 0.25) is 0 Å². The minimum Gasteiger partial charge on any atom is -0.483 e. The van der Waals surface area contributed by atoms with Gasteiger partial charge < -0.3 is 21.1 Å². The first-order valence-electron chi connectivity index (χ1n) is 9.60. The Morgan fingerprint density at radius 1 is 1.27 bits per heavy atom. The summed E-state index contributed by atoms with van der Waals surface area (Å²) in [6.07, 6.45) is 11.5. The number of nitrogen functional groups attached to an aromatic ring is 1. The minimum absolute atomic E-state index is 0.250. The van der Waals surface area contributed by atoms with Gasteiger partial charge >= 0.3 is 0 Å². The smallest absolute Gasteiger partial charge is 0.290 e. The molecular formula is C19H31N5O2. The van der Waals surface area contributed by atoms with Crippen molar-refractivity contribution in [2.75, 3.05) is 18.8 Å². The largest absolute Gasteiger partial charge is 0.483 e. The fourth-order valence-corrected chi connectivity index (χ4v) is 3.52. The Morgan fingerprint density at radius 2 is 2.00 bits per heavy atom. The molecule has 1 saturated heterocycles. The van der Waals surface area contributed by atoms with Crippen molar-refractivity contribution in [3.8, 4) is 0 Å². The Labute approximate surface area is 154 Å². The lowest BCUT2D eigenvalue weighted by atomic mass is 9.92. The first-order chi connectivity index (χ1) is 12.7. The lowest BCUT2D eigenvalue weighted by molar-refractivity contribution is -0.122. The number of unbranched alkanes of at least 4 members (excludes halogenated alkanes) is 1. The van der Waals surface area contributed by atoms with Crippen molar-refractivity contribution in [2.24, 2.45) is 5.92 Å². The molecule has 144 valence electrons. The molecule has 0 atom stereocenters. The number of nitrogens with zero attached hydrogens (tertiary/aromatic N) is 2. The van der Waals surface area contributed by atoms with Crippen molar-refractivity contribution < 1.29 is 9.90 Å². The molecule has 0 saturated carbocycles. The third-order valence-electron chi connectivity index (χ3n) is 4.95. The van der Waals surface area contributed by atoms with Crippen LogP contribution in [0, 0.1) is 5.92 Å². The number of hydrogen-bond donors (Lipinski definition) is 4. The van der Waals surface area contributed by atoms with Crippen LogP contribution in [-0.4, -0.2) is 39.6 Å². The highest BCUT2D eigenvalue weighted by atomic mass is 16.3. The molecule has 3 rings (SSSR count). The van der Waals surface area contributed by atoms with Crippen LogP contribution in [0.1, 0.15) is 56.8 Å². The highest BCUT2D eigenvalue weighted by Gasteiger charge is 2.14. The van der Waals surface area contributed by atoms with Crippen molar-refractivity contribution in [2.45, 2.75) is 58.3 Å². The standard InChI is InChI=1S/C18H29N5.CH2O2/c1-2-3-7-15-22-16-14(12-21-17(16)18(19)23-15)6-4-5-13-8-10-20-11-9-13;2-1-3/h12-13,20-21H,2-11H2,1H3,(H2,19,22,23);1H,(H,2,3). The van der Waals surface area contributed by atoms with Crippen molar-refractivity contribution in [1.29, 1.82) is 0 Å². The van der Waals surface area contributed by atoms with Crippen LogP contribution >= 0.6 is 0 Å². The zero-order valence-electron chi connectivity index (χ0n) is 15.6. The van der Waals surface area contributed by atoms with E-state index in [0.717, 1.165) is 48.5 Å². The van der Waals surface area contributed by atoms with Gasteiger partial charge in [0.05, 0.1) is 5.52 Å². The highest BCUT2D eigenvalue weighted by molar-refractivity contribution is 5.87. The molecule has 26 heavy (non-hydrogen) atoms. The number of carbonyl (C=O) groups is 1. The number of aromatic amines is 1. The molecule has 7 nitrogen and oxygen atoms in total. The number of aromatic nitrogens is 3. The molecule has 3 heterocycles. The number of nitrogens with two attached hydrogens (primary N) is 1. The lowest BCUT2D eigenvalue weighted by Gasteiger charge is -2.22. The topological polar surface area (TPSA) is 117 Å². The molecule has 0 unspecified atom stereocenters. The fourth-order valence-electron chi connectivity index (χ4n) is 3.52. The molecule has 0 spiro atoms. The van der Waals surface area contributed by atoms with Gasteiger partial charge in [-0.15, -0.1) is 0 Å². The van der Waals surface area contributed by atoms with E-state index in [1.807, 2.05) is 0 Å². The second-order valence-electron chi connectivity index (χ2n) is 6.86. The Hall–Kier alpha value is -2.15. The van der Waals surface area contributed by atoms with Gasteiger partial charge in [0.25, 0.3) is 6.47 Å². The number of anilines is 1. The number of aryl methyl sites for hydroxylation is 2. The Morgan fingerprint density at radius 3 is 2.69 bits per heavy atom. The summed E-state index contributed by atoms with van der Waals surface area (Å²) in [6, 6.07) is 0. The molecule has 7 heteroatoms. The maximum Gasteiger partial charge on any atom is 0.290 e. The summed E-state index contributed by atoms with van der Waals surface area (Å²) in [7, 11) is 0. The van der Waals surface area contributed by atoms with Crippen LogP contribution in [0.25, 0.3) is 11.0 Å². The highest BCUT2D eigenvalue weighted by Crippen LogP contribution is 2.24. The van der Waals surface area contributed by atoms with Gasteiger partial charge in [0, 0.05) is 12.6 Å². The van der Waals surface area contributed by atoms with E-state index in [-0.39, 0.29) is 6.47 Å². The summed E-state index contributed by atoms with van der Waals surface area (Å²) < 4.78 is 0. The number of rotatable bonds is 7. The van der Waals surface area contributed by atoms with Crippen LogP contribution in [0.5, 0.6) is 0 Å². The van der Waals surface area contributed by atoms with E-state index >= 15 is 0 Å². The third-order valence-corrected chi connectivity index (χ3v) is 4.95. The number of hydrogen-bond acceptors (Lipinski definition) is 5. The molecule has 0 aromatic carbocycles. The summed E-state index contributed by atoms with van der Waals surface area (Å²) >= 11 is 0. The number of carboxylic acid groups (broad SMARTS) is 1. The van der Waals surface area contributed by atoms with Crippen LogP contribution in [0.3, 0.4) is 0 Å². The van der Waals surface area contributed by atoms with Crippen molar-refractivity contribution in [3.05, 3.63) is 17.6 Å². The Kier molecular flexibility index (Phi) is 8.34. The molecule has 0 aliphatic carbocycles. The lowest BCUT2D eigenvalue weighted by Crippen LogP contribution is -2.27. The number of piperidine rings is 1. The Bertz CT molecular complexity index is 680. The molecule has 1 fully saturated rings. The number of fused-ring (bicyclic) bond motifs is 1. The second kappa shape index (κ2) is 10.8. The predicted octanol–water partition coefficient (Wildman–Crippen LogP) is 2.91. The van der Waals surface area contributed by atoms with Crippen molar-refractivity contribution in [3.63, 3.8) is 0 Å². The first kappa shape index (κ1) is 20.2. The van der Waals surface area contributed by atoms with Crippen LogP contribution < -0.4 is 11.1 Å². The van der Waals surface area contributed by atoms with Gasteiger partial charge in [-0.25, -0.2) is 9.97 Å². The monoisotopic (exact) mass is 361 g/mol. The van der Waals surface area contributed by atoms with Crippen LogP contribution in [0.15, 0.2) is 6.20 Å². The third kappa shape index (κ3) is 5.69. The SMILES string of the molecule is CCCCc1nc(N)c2[nH]cc(CCCC3CCNCC3)c2n1.O=CO. The van der Waals surface area contributed by atoms with Gasteiger partial charge in [0.15, 0.2) is 5.82 Å². The average Bonchev–Trinajstić information content (AvgIpc) is 3.05.